The molecule has 19 heavy (non-hydrogen) atoms. The van der Waals surface area contributed by atoms with Crippen molar-refractivity contribution in [1.82, 2.24) is 15.0 Å². The maximum Gasteiger partial charge on any atom is 0.272 e. The number of rotatable bonds is 3. The van der Waals surface area contributed by atoms with E-state index in [1.54, 1.807) is 30.7 Å². The van der Waals surface area contributed by atoms with Crippen molar-refractivity contribution in [2.75, 3.05) is 5.73 Å². The minimum atomic E-state index is -0.386. The van der Waals surface area contributed by atoms with Gasteiger partial charge in [0.15, 0.2) is 5.82 Å². The summed E-state index contributed by atoms with van der Waals surface area (Å²) in [5.41, 5.74) is 8.77. The summed E-state index contributed by atoms with van der Waals surface area (Å²) in [5, 5.41) is 18.8. The first-order chi connectivity index (χ1) is 8.95. The van der Waals surface area contributed by atoms with E-state index in [2.05, 4.69) is 10.3 Å². The number of anilines is 1. The van der Waals surface area contributed by atoms with E-state index in [4.69, 9.17) is 5.73 Å². The summed E-state index contributed by atoms with van der Waals surface area (Å²) in [5.74, 6) is 0.387. The summed E-state index contributed by atoms with van der Waals surface area (Å²) in [6, 6.07) is 3.28. The van der Waals surface area contributed by atoms with Crippen LogP contribution in [-0.4, -0.2) is 19.9 Å². The Balaban J connectivity index is 2.63. The highest BCUT2D eigenvalue weighted by molar-refractivity contribution is 5.54. The number of nitro groups is 1. The predicted molar refractivity (Wildman–Crippen MR) is 71.3 cm³/mol. The zero-order valence-electron chi connectivity index (χ0n) is 11.0. The Hall–Kier alpha value is -2.44. The predicted octanol–water partition coefficient (Wildman–Crippen LogP) is 1.94. The quantitative estimate of drug-likeness (QED) is 0.672. The van der Waals surface area contributed by atoms with Crippen LogP contribution < -0.4 is 5.73 Å². The smallest absolute Gasteiger partial charge is 0.272 e. The number of nitrogens with two attached hydrogens (primary N) is 1. The zero-order chi connectivity index (χ0) is 14.2. The van der Waals surface area contributed by atoms with Crippen LogP contribution in [0.25, 0.3) is 5.69 Å². The Bertz CT molecular complexity index is 648. The fraction of sp³-hybridized carbons (Fsp3) is 0.333. The minimum absolute atomic E-state index is 0.104. The average molecular weight is 261 g/mol. The van der Waals surface area contributed by atoms with Gasteiger partial charge in [0.25, 0.3) is 5.69 Å². The number of nitrogen functional groups attached to an aromatic ring is 1. The van der Waals surface area contributed by atoms with E-state index in [0.29, 0.717) is 17.8 Å². The standard InChI is InChI=1S/C12H15N5O2/c1-4-9-12(13)14-15-16(9)10-5-8(3)11(17(18)19)6-7(10)2/h5-6H,4,13H2,1-3H3. The summed E-state index contributed by atoms with van der Waals surface area (Å²) in [6.45, 7) is 5.46. The molecule has 2 rings (SSSR count). The molecule has 0 unspecified atom stereocenters. The van der Waals surface area contributed by atoms with Crippen molar-refractivity contribution in [3.8, 4) is 5.69 Å². The molecule has 0 aliphatic carbocycles. The van der Waals surface area contributed by atoms with E-state index in [1.165, 1.54) is 0 Å². The molecule has 1 aromatic carbocycles. The van der Waals surface area contributed by atoms with E-state index in [-0.39, 0.29) is 10.6 Å². The van der Waals surface area contributed by atoms with E-state index >= 15 is 0 Å². The van der Waals surface area contributed by atoms with Crippen molar-refractivity contribution in [3.63, 3.8) is 0 Å². The van der Waals surface area contributed by atoms with E-state index in [0.717, 1.165) is 16.9 Å². The van der Waals surface area contributed by atoms with Crippen molar-refractivity contribution in [1.29, 1.82) is 0 Å². The lowest BCUT2D eigenvalue weighted by Gasteiger charge is -2.09. The van der Waals surface area contributed by atoms with Gasteiger partial charge in [0.1, 0.15) is 0 Å². The Morgan fingerprint density at radius 2 is 2.05 bits per heavy atom. The maximum absolute atomic E-state index is 10.9. The fourth-order valence-corrected chi connectivity index (χ4v) is 2.05. The molecule has 2 N–H and O–H groups in total. The van der Waals surface area contributed by atoms with Crippen molar-refractivity contribution in [3.05, 3.63) is 39.1 Å². The summed E-state index contributed by atoms with van der Waals surface area (Å²) < 4.78 is 1.64. The Labute approximate surface area is 110 Å². The van der Waals surface area contributed by atoms with Crippen LogP contribution in [0.3, 0.4) is 0 Å². The highest BCUT2D eigenvalue weighted by Crippen LogP contribution is 2.26. The van der Waals surface area contributed by atoms with Crippen molar-refractivity contribution in [2.45, 2.75) is 27.2 Å². The van der Waals surface area contributed by atoms with E-state index in [9.17, 15) is 10.1 Å². The normalized spacial score (nSPS) is 10.7. The molecular weight excluding hydrogens is 246 g/mol. The summed E-state index contributed by atoms with van der Waals surface area (Å²) in [7, 11) is 0. The van der Waals surface area contributed by atoms with Gasteiger partial charge in [-0.3, -0.25) is 10.1 Å². The molecule has 0 amide bonds. The summed E-state index contributed by atoms with van der Waals surface area (Å²) in [6.07, 6.45) is 0.689. The molecule has 0 spiro atoms. The second kappa shape index (κ2) is 4.68. The van der Waals surface area contributed by atoms with Gasteiger partial charge in [-0.15, -0.1) is 5.10 Å². The number of hydrogen-bond acceptors (Lipinski definition) is 5. The molecule has 7 nitrogen and oxygen atoms in total. The number of nitrogens with zero attached hydrogens (tertiary/aromatic N) is 4. The summed E-state index contributed by atoms with van der Waals surface area (Å²) in [4.78, 5) is 10.5. The molecule has 7 heteroatoms. The molecule has 0 bridgehead atoms. The topological polar surface area (TPSA) is 99.9 Å². The van der Waals surface area contributed by atoms with Crippen molar-refractivity contribution >= 4 is 11.5 Å². The number of hydrogen-bond donors (Lipinski definition) is 1. The number of aryl methyl sites for hydroxylation is 2. The van der Waals surface area contributed by atoms with Crippen molar-refractivity contribution < 1.29 is 4.92 Å². The second-order valence-electron chi connectivity index (χ2n) is 4.37. The first kappa shape index (κ1) is 13.0. The maximum atomic E-state index is 10.9. The lowest BCUT2D eigenvalue weighted by Crippen LogP contribution is -2.06. The Morgan fingerprint density at radius 1 is 1.37 bits per heavy atom. The first-order valence-corrected chi connectivity index (χ1v) is 5.91. The van der Waals surface area contributed by atoms with Gasteiger partial charge >= 0.3 is 0 Å². The number of benzene rings is 1. The zero-order valence-corrected chi connectivity index (χ0v) is 11.0. The average Bonchev–Trinajstić information content (AvgIpc) is 2.72. The highest BCUT2D eigenvalue weighted by Gasteiger charge is 2.17. The molecule has 0 aliphatic rings. The molecule has 0 fully saturated rings. The third-order valence-corrected chi connectivity index (χ3v) is 3.07. The van der Waals surface area contributed by atoms with Crippen LogP contribution in [0.4, 0.5) is 11.5 Å². The summed E-state index contributed by atoms with van der Waals surface area (Å²) >= 11 is 0. The second-order valence-corrected chi connectivity index (χ2v) is 4.37. The molecule has 2 aromatic rings. The number of nitro benzene ring substituents is 1. The molecule has 0 saturated heterocycles. The minimum Gasteiger partial charge on any atom is -0.381 e. The van der Waals surface area contributed by atoms with Gasteiger partial charge in [-0.05, 0) is 31.9 Å². The van der Waals surface area contributed by atoms with Gasteiger partial charge in [0.05, 0.1) is 16.3 Å². The molecule has 1 aromatic heterocycles. The SMILES string of the molecule is CCc1c(N)nnn1-c1cc(C)c([N+](=O)[O-])cc1C. The van der Waals surface area contributed by atoms with Gasteiger partial charge in [0.2, 0.25) is 0 Å². The molecule has 0 saturated carbocycles. The van der Waals surface area contributed by atoms with Gasteiger partial charge in [-0.1, -0.05) is 12.1 Å². The largest absolute Gasteiger partial charge is 0.381 e. The van der Waals surface area contributed by atoms with E-state index in [1.807, 2.05) is 6.92 Å². The Morgan fingerprint density at radius 3 is 2.63 bits per heavy atom. The van der Waals surface area contributed by atoms with Crippen LogP contribution in [0.1, 0.15) is 23.7 Å². The van der Waals surface area contributed by atoms with Gasteiger partial charge in [0, 0.05) is 11.6 Å². The van der Waals surface area contributed by atoms with E-state index < -0.39 is 0 Å². The lowest BCUT2D eigenvalue weighted by molar-refractivity contribution is -0.385. The molecule has 0 radical (unpaired) electrons. The van der Waals surface area contributed by atoms with Crippen LogP contribution in [0.15, 0.2) is 12.1 Å². The number of aromatic nitrogens is 3. The molecular formula is C12H15N5O2. The molecule has 0 atom stereocenters. The highest BCUT2D eigenvalue weighted by atomic mass is 16.6. The fourth-order valence-electron chi connectivity index (χ4n) is 2.05. The van der Waals surface area contributed by atoms with Crippen LogP contribution in [0.5, 0.6) is 0 Å². The third kappa shape index (κ3) is 2.14. The molecule has 0 aliphatic heterocycles. The van der Waals surface area contributed by atoms with Crippen LogP contribution >= 0.6 is 0 Å². The van der Waals surface area contributed by atoms with Gasteiger partial charge < -0.3 is 5.73 Å². The van der Waals surface area contributed by atoms with Gasteiger partial charge in [-0.25, -0.2) is 4.68 Å². The third-order valence-electron chi connectivity index (χ3n) is 3.07. The monoisotopic (exact) mass is 261 g/mol. The molecule has 100 valence electrons. The lowest BCUT2D eigenvalue weighted by atomic mass is 10.1. The Kier molecular flexibility index (Phi) is 3.20. The van der Waals surface area contributed by atoms with Crippen LogP contribution in [-0.2, 0) is 6.42 Å². The van der Waals surface area contributed by atoms with Crippen LogP contribution in [0, 0.1) is 24.0 Å². The molecule has 1 heterocycles. The van der Waals surface area contributed by atoms with Gasteiger partial charge in [-0.2, -0.15) is 0 Å². The first-order valence-electron chi connectivity index (χ1n) is 5.91. The van der Waals surface area contributed by atoms with Crippen molar-refractivity contribution in [2.24, 2.45) is 0 Å². The van der Waals surface area contributed by atoms with Crippen LogP contribution in [0.2, 0.25) is 0 Å².